The van der Waals surface area contributed by atoms with Crippen molar-refractivity contribution in [2.45, 2.75) is 138 Å². The lowest BCUT2D eigenvalue weighted by molar-refractivity contribution is -0.141. The average Bonchev–Trinajstić information content (AvgIpc) is 3.95. The number of terminal acetylenes is 2. The van der Waals surface area contributed by atoms with Crippen LogP contribution in [0.1, 0.15) is 99.6 Å². The van der Waals surface area contributed by atoms with E-state index in [9.17, 15) is 33.6 Å². The number of carbonyl (C=O) groups is 7. The van der Waals surface area contributed by atoms with Crippen LogP contribution >= 0.6 is 0 Å². The van der Waals surface area contributed by atoms with E-state index in [0.717, 1.165) is 47.9 Å². The molecular weight excluding hydrogens is 841 g/mol. The van der Waals surface area contributed by atoms with Crippen molar-refractivity contribution in [3.05, 3.63) is 70.8 Å². The van der Waals surface area contributed by atoms with Crippen LogP contribution in [0.15, 0.2) is 48.5 Å². The number of hydrogen-bond donors (Lipinski definition) is 8. The molecule has 2 saturated heterocycles. The number of likely N-dealkylation sites (N-methyl/N-ethyl adjacent to an activating group) is 2. The molecule has 352 valence electrons. The van der Waals surface area contributed by atoms with E-state index in [1.54, 1.807) is 27.9 Å². The second-order valence-electron chi connectivity index (χ2n) is 17.8. The Morgan fingerprint density at radius 3 is 1.39 bits per heavy atom. The number of hydrogen-bond acceptors (Lipinski definition) is 9. The van der Waals surface area contributed by atoms with Crippen LogP contribution in [-0.4, -0.2) is 127 Å². The smallest absolute Gasteiger partial charge is 0.315 e. The molecule has 2 heterocycles. The first-order chi connectivity index (χ1) is 31.8. The topological polar surface area (TPSA) is 222 Å². The lowest BCUT2D eigenvalue weighted by atomic mass is 9.87. The summed E-state index contributed by atoms with van der Waals surface area (Å²) in [6, 6.07) is 7.69. The van der Waals surface area contributed by atoms with Gasteiger partial charge in [-0.3, -0.25) is 28.8 Å². The van der Waals surface area contributed by atoms with Gasteiger partial charge in [0.05, 0.1) is 36.3 Å². The third-order valence-corrected chi connectivity index (χ3v) is 13.3. The van der Waals surface area contributed by atoms with E-state index in [-0.39, 0.29) is 50.9 Å². The normalized spacial score (nSPS) is 23.8. The molecule has 17 nitrogen and oxygen atoms in total. The highest BCUT2D eigenvalue weighted by Gasteiger charge is 2.46. The Kier molecular flexibility index (Phi) is 16.8. The van der Waals surface area contributed by atoms with Gasteiger partial charge in [0.1, 0.15) is 24.2 Å². The molecule has 2 aromatic rings. The fourth-order valence-corrected chi connectivity index (χ4v) is 9.51. The number of amides is 8. The highest BCUT2D eigenvalue weighted by Crippen LogP contribution is 2.32. The van der Waals surface area contributed by atoms with Crippen molar-refractivity contribution in [3.8, 4) is 24.7 Å². The molecule has 0 spiro atoms. The Morgan fingerprint density at radius 1 is 0.621 bits per heavy atom. The maximum atomic E-state index is 14.3. The Balaban J connectivity index is 1.20. The summed E-state index contributed by atoms with van der Waals surface area (Å²) in [6.07, 6.45) is 16.1. The maximum Gasteiger partial charge on any atom is 0.315 e. The zero-order chi connectivity index (χ0) is 47.5. The summed E-state index contributed by atoms with van der Waals surface area (Å²) in [4.78, 5) is 99.7. The van der Waals surface area contributed by atoms with Gasteiger partial charge in [-0.15, -0.1) is 24.7 Å². The molecule has 0 saturated carbocycles. The molecule has 2 aliphatic carbocycles. The molecule has 4 aliphatic rings. The third-order valence-electron chi connectivity index (χ3n) is 13.3. The summed E-state index contributed by atoms with van der Waals surface area (Å²) in [5.41, 5.74) is 4.32. The summed E-state index contributed by atoms with van der Waals surface area (Å²) < 4.78 is 0. The SMILES string of the molecule is C#CCC(NC(=O)C(C)NC)C(=O)N1CC(NC(=O)NC2CC(C(=O)NC3CCCc4ccccc43)N(C(=O)C(CC#C)NC(=O)C(C)NC)C2)CC1C(=O)NC1CCCc2ccccc21. The fraction of sp³-hybridized carbons (Fsp3) is 0.531. The highest BCUT2D eigenvalue weighted by atomic mass is 16.2. The van der Waals surface area contributed by atoms with Gasteiger partial charge in [0.2, 0.25) is 35.4 Å². The summed E-state index contributed by atoms with van der Waals surface area (Å²) in [5, 5.41) is 23.3. The van der Waals surface area contributed by atoms with Gasteiger partial charge in [0.15, 0.2) is 0 Å². The van der Waals surface area contributed by atoms with Crippen molar-refractivity contribution in [3.63, 3.8) is 0 Å². The fourth-order valence-electron chi connectivity index (χ4n) is 9.51. The highest BCUT2D eigenvalue weighted by molar-refractivity contribution is 5.95. The molecular formula is C49H64N10O7. The van der Waals surface area contributed by atoms with E-state index >= 15 is 0 Å². The predicted octanol–water partition coefficient (Wildman–Crippen LogP) is 0.844. The molecule has 10 unspecified atom stereocenters. The first-order valence-electron chi connectivity index (χ1n) is 23.0. The minimum absolute atomic E-state index is 0.0602. The van der Waals surface area contributed by atoms with Gasteiger partial charge in [-0.05, 0) is 102 Å². The molecule has 8 amide bonds. The van der Waals surface area contributed by atoms with Gasteiger partial charge in [0.25, 0.3) is 0 Å². The molecule has 2 fully saturated rings. The number of rotatable bonds is 16. The molecule has 0 aromatic heterocycles. The molecule has 6 rings (SSSR count). The molecule has 8 N–H and O–H groups in total. The lowest BCUT2D eigenvalue weighted by Gasteiger charge is -2.31. The van der Waals surface area contributed by atoms with Gasteiger partial charge in [-0.25, -0.2) is 4.79 Å². The average molecular weight is 905 g/mol. The standard InChI is InChI=1S/C49H64N10O7/c1-7-15-39(56-43(60)29(3)50-5)47(64)58-27-33(25-41(58)45(62)54-37-23-13-19-31-17-9-11-21-35(31)37)52-49(66)53-34-26-42(46(63)55-38-24-14-20-32-18-10-12-22-36(32)38)59(28-34)48(65)40(16-8-2)57-44(61)30(4)51-6/h1-2,9-12,17-18,21-22,29-30,33-34,37-42,50-51H,13-16,19-20,23-28H2,3-6H3,(H,54,62)(H,55,63)(H,56,60)(H,57,61)(H2,52,53,66). The van der Waals surface area contributed by atoms with Crippen LogP contribution < -0.4 is 42.5 Å². The van der Waals surface area contributed by atoms with Crippen LogP contribution in [0.4, 0.5) is 4.79 Å². The van der Waals surface area contributed by atoms with E-state index in [1.165, 1.54) is 9.80 Å². The number of benzene rings is 2. The Morgan fingerprint density at radius 2 is 1.02 bits per heavy atom. The van der Waals surface area contributed by atoms with Gasteiger partial charge in [0, 0.05) is 25.9 Å². The summed E-state index contributed by atoms with van der Waals surface area (Å²) in [7, 11) is 3.23. The lowest BCUT2D eigenvalue weighted by Crippen LogP contribution is -2.56. The van der Waals surface area contributed by atoms with E-state index in [4.69, 9.17) is 12.8 Å². The number of urea groups is 1. The summed E-state index contributed by atoms with van der Waals surface area (Å²) in [5.74, 6) is 2.12. The summed E-state index contributed by atoms with van der Waals surface area (Å²) in [6.45, 7) is 3.16. The molecule has 10 atom stereocenters. The largest absolute Gasteiger partial charge is 0.347 e. The van der Waals surface area contributed by atoms with Crippen molar-refractivity contribution in [1.29, 1.82) is 0 Å². The number of fused-ring (bicyclic) bond motifs is 2. The van der Waals surface area contributed by atoms with E-state index in [1.807, 2.05) is 48.5 Å². The maximum absolute atomic E-state index is 14.3. The number of likely N-dealkylation sites (tertiary alicyclic amines) is 2. The van der Waals surface area contributed by atoms with Crippen molar-refractivity contribution in [2.75, 3.05) is 27.2 Å². The van der Waals surface area contributed by atoms with E-state index < -0.39 is 89.8 Å². The van der Waals surface area contributed by atoms with Crippen LogP contribution in [0.5, 0.6) is 0 Å². The third kappa shape index (κ3) is 11.7. The van der Waals surface area contributed by atoms with Crippen molar-refractivity contribution in [2.24, 2.45) is 0 Å². The van der Waals surface area contributed by atoms with Crippen molar-refractivity contribution in [1.82, 2.24) is 52.3 Å². The second-order valence-corrected chi connectivity index (χ2v) is 17.8. The zero-order valence-corrected chi connectivity index (χ0v) is 38.3. The monoisotopic (exact) mass is 904 g/mol. The van der Waals surface area contributed by atoms with Crippen molar-refractivity contribution < 1.29 is 33.6 Å². The second kappa shape index (κ2) is 22.7. The number of nitrogens with one attached hydrogen (secondary N) is 8. The minimum Gasteiger partial charge on any atom is -0.347 e. The van der Waals surface area contributed by atoms with Gasteiger partial charge in [-0.1, -0.05) is 48.5 Å². The van der Waals surface area contributed by atoms with Crippen LogP contribution in [0.3, 0.4) is 0 Å². The molecule has 2 aromatic carbocycles. The minimum atomic E-state index is -1.13. The predicted molar refractivity (Wildman–Crippen MR) is 248 cm³/mol. The Labute approximate surface area is 387 Å². The number of carbonyl (C=O) groups excluding carboxylic acids is 7. The molecule has 0 bridgehead atoms. The summed E-state index contributed by atoms with van der Waals surface area (Å²) >= 11 is 0. The van der Waals surface area contributed by atoms with Crippen molar-refractivity contribution >= 4 is 41.5 Å². The molecule has 0 radical (unpaired) electrons. The van der Waals surface area contributed by atoms with Crippen LogP contribution in [0.2, 0.25) is 0 Å². The quantitative estimate of drug-likeness (QED) is 0.112. The van der Waals surface area contributed by atoms with E-state index in [0.29, 0.717) is 12.8 Å². The van der Waals surface area contributed by atoms with E-state index in [2.05, 4.69) is 54.4 Å². The Bertz CT molecular complexity index is 2070. The molecule has 66 heavy (non-hydrogen) atoms. The number of nitrogens with zero attached hydrogens (tertiary/aromatic N) is 2. The van der Waals surface area contributed by atoms with Gasteiger partial charge in [-0.2, -0.15) is 0 Å². The molecule has 2 aliphatic heterocycles. The van der Waals surface area contributed by atoms with Crippen LogP contribution in [0.25, 0.3) is 0 Å². The number of aryl methyl sites for hydroxylation is 2. The zero-order valence-electron chi connectivity index (χ0n) is 38.3. The first-order valence-corrected chi connectivity index (χ1v) is 23.0. The van der Waals surface area contributed by atoms with Gasteiger partial charge < -0.3 is 52.3 Å². The van der Waals surface area contributed by atoms with Crippen LogP contribution in [-0.2, 0) is 41.6 Å². The van der Waals surface area contributed by atoms with Gasteiger partial charge >= 0.3 is 6.03 Å². The van der Waals surface area contributed by atoms with Crippen LogP contribution in [0, 0.1) is 24.7 Å². The molecule has 17 heteroatoms. The first kappa shape index (κ1) is 49.0. The Hall–Kier alpha value is -6.43.